The van der Waals surface area contributed by atoms with Gasteiger partial charge in [-0.15, -0.1) is 10.2 Å². The molecule has 3 rings (SSSR count). The van der Waals surface area contributed by atoms with E-state index in [0.29, 0.717) is 24.2 Å². The van der Waals surface area contributed by atoms with Crippen molar-refractivity contribution >= 4 is 17.7 Å². The van der Waals surface area contributed by atoms with Gasteiger partial charge in [0.15, 0.2) is 0 Å². The van der Waals surface area contributed by atoms with Crippen LogP contribution in [0.1, 0.15) is 12.5 Å². The minimum Gasteiger partial charge on any atom is -0.411 e. The minimum absolute atomic E-state index is 0.0393. The molecule has 2 heterocycles. The predicted molar refractivity (Wildman–Crippen MR) is 95.8 cm³/mol. The molecule has 0 aliphatic carbocycles. The molecule has 0 aliphatic heterocycles. The molecule has 1 amide bonds. The molecule has 0 unspecified atom stereocenters. The molecule has 0 spiro atoms. The zero-order chi connectivity index (χ0) is 17.5. The van der Waals surface area contributed by atoms with Gasteiger partial charge in [0.25, 0.3) is 5.22 Å². The molecule has 3 aromatic rings. The first-order chi connectivity index (χ1) is 12.3. The smallest absolute Gasteiger partial charge is 0.277 e. The fraction of sp³-hybridized carbons (Fsp3) is 0.222. The van der Waals surface area contributed by atoms with Crippen molar-refractivity contribution in [3.05, 3.63) is 60.4 Å². The highest BCUT2D eigenvalue weighted by Gasteiger charge is 2.15. The Kier molecular flexibility index (Phi) is 5.79. The second-order valence-electron chi connectivity index (χ2n) is 5.30. The van der Waals surface area contributed by atoms with Gasteiger partial charge in [-0.25, -0.2) is 0 Å². The third kappa shape index (κ3) is 4.67. The average Bonchev–Trinajstić information content (AvgIpc) is 3.15. The Bertz CT molecular complexity index is 808. The number of thioether (sulfide) groups is 1. The number of carbonyl (C=O) groups excluding carboxylic acids is 1. The fourth-order valence-electron chi connectivity index (χ4n) is 2.27. The van der Waals surface area contributed by atoms with Crippen LogP contribution in [0.3, 0.4) is 0 Å². The van der Waals surface area contributed by atoms with Gasteiger partial charge in [0.05, 0.1) is 11.3 Å². The van der Waals surface area contributed by atoms with Crippen molar-refractivity contribution < 1.29 is 9.21 Å². The normalized spacial score (nSPS) is 10.6. The number of hydrogen-bond acceptors (Lipinski definition) is 6. The Morgan fingerprint density at radius 1 is 1.16 bits per heavy atom. The highest BCUT2D eigenvalue weighted by atomic mass is 32.2. The summed E-state index contributed by atoms with van der Waals surface area (Å²) in [6.45, 7) is 3.22. The lowest BCUT2D eigenvalue weighted by Gasteiger charge is -2.20. The molecule has 0 aliphatic rings. The van der Waals surface area contributed by atoms with Gasteiger partial charge in [0, 0.05) is 25.5 Å². The highest BCUT2D eigenvalue weighted by Crippen LogP contribution is 2.22. The second-order valence-corrected chi connectivity index (χ2v) is 6.22. The average molecular weight is 354 g/mol. The number of aromatic nitrogens is 3. The number of pyridine rings is 1. The summed E-state index contributed by atoms with van der Waals surface area (Å²) < 4.78 is 5.58. The van der Waals surface area contributed by atoms with Gasteiger partial charge in [-0.2, -0.15) is 0 Å². The fourth-order valence-corrected chi connectivity index (χ4v) is 2.93. The minimum atomic E-state index is 0.0393. The number of hydrogen-bond donors (Lipinski definition) is 0. The lowest BCUT2D eigenvalue weighted by atomic mass is 10.2. The molecular weight excluding hydrogens is 336 g/mol. The van der Waals surface area contributed by atoms with E-state index >= 15 is 0 Å². The lowest BCUT2D eigenvalue weighted by molar-refractivity contribution is -0.128. The van der Waals surface area contributed by atoms with Gasteiger partial charge in [0.1, 0.15) is 0 Å². The number of rotatable bonds is 7. The zero-order valence-electron chi connectivity index (χ0n) is 13.8. The Morgan fingerprint density at radius 2 is 2.00 bits per heavy atom. The van der Waals surface area contributed by atoms with E-state index in [0.717, 1.165) is 11.1 Å². The van der Waals surface area contributed by atoms with Crippen molar-refractivity contribution in [3.63, 3.8) is 0 Å². The van der Waals surface area contributed by atoms with Crippen molar-refractivity contribution in [2.45, 2.75) is 18.7 Å². The van der Waals surface area contributed by atoms with Gasteiger partial charge in [-0.05, 0) is 24.6 Å². The summed E-state index contributed by atoms with van der Waals surface area (Å²) >= 11 is 1.25. The molecule has 0 N–H and O–H groups in total. The monoisotopic (exact) mass is 354 g/mol. The summed E-state index contributed by atoms with van der Waals surface area (Å²) in [7, 11) is 0. The van der Waals surface area contributed by atoms with Crippen LogP contribution in [0.5, 0.6) is 0 Å². The van der Waals surface area contributed by atoms with Crippen molar-refractivity contribution in [2.75, 3.05) is 12.3 Å². The lowest BCUT2D eigenvalue weighted by Crippen LogP contribution is -2.31. The summed E-state index contributed by atoms with van der Waals surface area (Å²) in [6.07, 6.45) is 3.34. The summed E-state index contributed by atoms with van der Waals surface area (Å²) in [4.78, 5) is 18.3. The van der Waals surface area contributed by atoms with E-state index in [9.17, 15) is 4.79 Å². The Balaban J connectivity index is 1.57. The summed E-state index contributed by atoms with van der Waals surface area (Å²) in [5, 5.41) is 8.35. The first-order valence-electron chi connectivity index (χ1n) is 7.94. The van der Waals surface area contributed by atoms with Crippen LogP contribution in [-0.2, 0) is 11.3 Å². The molecule has 0 bridgehead atoms. The van der Waals surface area contributed by atoms with Crippen LogP contribution < -0.4 is 0 Å². The van der Waals surface area contributed by atoms with Crippen molar-refractivity contribution in [2.24, 2.45) is 0 Å². The molecule has 7 heteroatoms. The van der Waals surface area contributed by atoms with E-state index in [4.69, 9.17) is 4.42 Å². The molecule has 0 saturated carbocycles. The Morgan fingerprint density at radius 3 is 2.72 bits per heavy atom. The largest absolute Gasteiger partial charge is 0.411 e. The molecular formula is C18H18N4O2S. The van der Waals surface area contributed by atoms with Crippen LogP contribution in [0.2, 0.25) is 0 Å². The summed E-state index contributed by atoms with van der Waals surface area (Å²) in [6, 6.07) is 13.6. The Hall–Kier alpha value is -2.67. The van der Waals surface area contributed by atoms with Crippen LogP contribution in [0.15, 0.2) is 64.5 Å². The molecule has 128 valence electrons. The third-order valence-electron chi connectivity index (χ3n) is 3.58. The first-order valence-corrected chi connectivity index (χ1v) is 8.93. The zero-order valence-corrected chi connectivity index (χ0v) is 14.6. The maximum Gasteiger partial charge on any atom is 0.277 e. The summed E-state index contributed by atoms with van der Waals surface area (Å²) in [5.41, 5.74) is 1.87. The molecule has 0 saturated heterocycles. The van der Waals surface area contributed by atoms with Gasteiger partial charge in [-0.3, -0.25) is 9.78 Å². The highest BCUT2D eigenvalue weighted by molar-refractivity contribution is 7.99. The van der Waals surface area contributed by atoms with Crippen molar-refractivity contribution in [3.8, 4) is 11.5 Å². The second kappa shape index (κ2) is 8.43. The molecule has 25 heavy (non-hydrogen) atoms. The SMILES string of the molecule is CCN(Cc1ccccc1)C(=O)CSc1nnc(-c2cccnc2)o1. The van der Waals surface area contributed by atoms with Crippen molar-refractivity contribution in [1.29, 1.82) is 0 Å². The van der Waals surface area contributed by atoms with Crippen LogP contribution in [0.25, 0.3) is 11.5 Å². The quantitative estimate of drug-likeness (QED) is 0.606. The number of amides is 1. The van der Waals surface area contributed by atoms with Gasteiger partial charge in [-0.1, -0.05) is 42.1 Å². The van der Waals surface area contributed by atoms with E-state index < -0.39 is 0 Å². The van der Waals surface area contributed by atoms with Gasteiger partial charge < -0.3 is 9.32 Å². The van der Waals surface area contributed by atoms with E-state index in [1.54, 1.807) is 23.4 Å². The van der Waals surface area contributed by atoms with Gasteiger partial charge >= 0.3 is 0 Å². The summed E-state index contributed by atoms with van der Waals surface area (Å²) in [5.74, 6) is 0.701. The number of carbonyl (C=O) groups is 1. The number of benzene rings is 1. The van der Waals surface area contributed by atoms with Gasteiger partial charge in [0.2, 0.25) is 11.8 Å². The molecule has 1 aromatic carbocycles. The van der Waals surface area contributed by atoms with Crippen LogP contribution in [0.4, 0.5) is 0 Å². The van der Waals surface area contributed by atoms with Crippen molar-refractivity contribution in [1.82, 2.24) is 20.1 Å². The maximum absolute atomic E-state index is 12.4. The maximum atomic E-state index is 12.4. The Labute approximate surface area is 150 Å². The molecule has 2 aromatic heterocycles. The molecule has 0 atom stereocenters. The van der Waals surface area contributed by atoms with E-state index in [2.05, 4.69) is 15.2 Å². The van der Waals surface area contributed by atoms with E-state index in [-0.39, 0.29) is 11.7 Å². The standard InChI is InChI=1S/C18H18N4O2S/c1-2-22(12-14-7-4-3-5-8-14)16(23)13-25-18-21-20-17(24-18)15-9-6-10-19-11-15/h3-11H,2,12-13H2,1H3. The molecule has 0 radical (unpaired) electrons. The predicted octanol–water partition coefficient (Wildman–Crippen LogP) is 3.27. The number of nitrogens with zero attached hydrogens (tertiary/aromatic N) is 4. The molecule has 6 nitrogen and oxygen atoms in total. The molecule has 0 fully saturated rings. The first kappa shape index (κ1) is 17.2. The van der Waals surface area contributed by atoms with Crippen LogP contribution in [-0.4, -0.2) is 38.3 Å². The van der Waals surface area contributed by atoms with E-state index in [1.165, 1.54) is 11.8 Å². The topological polar surface area (TPSA) is 72.1 Å². The van der Waals surface area contributed by atoms with Crippen LogP contribution in [0, 0.1) is 0 Å². The third-order valence-corrected chi connectivity index (χ3v) is 4.39. The van der Waals surface area contributed by atoms with Crippen LogP contribution >= 0.6 is 11.8 Å². The van der Waals surface area contributed by atoms with E-state index in [1.807, 2.05) is 43.3 Å².